The molecule has 1 fully saturated rings. The Morgan fingerprint density at radius 2 is 1.88 bits per heavy atom. The zero-order valence-corrected chi connectivity index (χ0v) is 12.1. The predicted molar refractivity (Wildman–Crippen MR) is 76.5 cm³/mol. The largest absolute Gasteiger partial charge is 0.307 e. The molecule has 1 aliphatic rings. The topological polar surface area (TPSA) is 12.0 Å². The van der Waals surface area contributed by atoms with Crippen molar-refractivity contribution in [1.29, 1.82) is 0 Å². The van der Waals surface area contributed by atoms with Gasteiger partial charge in [0.25, 0.3) is 0 Å². The van der Waals surface area contributed by atoms with Gasteiger partial charge in [-0.2, -0.15) is 0 Å². The zero-order chi connectivity index (χ0) is 12.3. The molecule has 1 heterocycles. The number of hydrogen-bond donors (Lipinski definition) is 1. The lowest BCUT2D eigenvalue weighted by molar-refractivity contribution is 0.231. The van der Waals surface area contributed by atoms with Crippen LogP contribution in [0.4, 0.5) is 0 Å². The molecule has 1 unspecified atom stereocenters. The lowest BCUT2D eigenvalue weighted by Crippen LogP contribution is -2.35. The van der Waals surface area contributed by atoms with Gasteiger partial charge < -0.3 is 5.32 Å². The predicted octanol–water partition coefficient (Wildman–Crippen LogP) is 4.61. The Hall–Kier alpha value is -0.340. The fraction of sp³-hybridized carbons (Fsp3) is 0.733. The third-order valence-corrected chi connectivity index (χ3v) is 5.23. The van der Waals surface area contributed by atoms with Gasteiger partial charge in [-0.25, -0.2) is 0 Å². The van der Waals surface area contributed by atoms with Crippen molar-refractivity contribution in [2.45, 2.75) is 58.5 Å². The first-order chi connectivity index (χ1) is 8.16. The Labute approximate surface area is 110 Å². The van der Waals surface area contributed by atoms with E-state index in [1.54, 1.807) is 0 Å². The normalized spacial score (nSPS) is 27.3. The van der Waals surface area contributed by atoms with Crippen molar-refractivity contribution in [2.24, 2.45) is 11.8 Å². The van der Waals surface area contributed by atoms with Crippen molar-refractivity contribution < 1.29 is 0 Å². The molecule has 96 valence electrons. The highest BCUT2D eigenvalue weighted by Gasteiger charge is 2.24. The summed E-state index contributed by atoms with van der Waals surface area (Å²) in [5.41, 5.74) is 0. The molecule has 2 rings (SSSR count). The molecule has 0 bridgehead atoms. The van der Waals surface area contributed by atoms with Gasteiger partial charge in [0.2, 0.25) is 0 Å². The molecule has 2 heteroatoms. The standard InChI is InChI=1S/C15H25NS/c1-11(2)13-6-8-14(9-7-13)16-12(3)15-5-4-10-17-15/h4-5,10-14,16H,6-9H2,1-3H3. The molecule has 17 heavy (non-hydrogen) atoms. The van der Waals surface area contributed by atoms with E-state index >= 15 is 0 Å². The van der Waals surface area contributed by atoms with Gasteiger partial charge in [-0.05, 0) is 55.9 Å². The van der Waals surface area contributed by atoms with Gasteiger partial charge in [0.05, 0.1) is 0 Å². The van der Waals surface area contributed by atoms with E-state index in [-0.39, 0.29) is 0 Å². The van der Waals surface area contributed by atoms with E-state index in [1.165, 1.54) is 30.6 Å². The van der Waals surface area contributed by atoms with Crippen LogP contribution in [0.2, 0.25) is 0 Å². The summed E-state index contributed by atoms with van der Waals surface area (Å²) in [4.78, 5) is 1.47. The maximum atomic E-state index is 3.79. The molecule has 1 aliphatic carbocycles. The summed E-state index contributed by atoms with van der Waals surface area (Å²) < 4.78 is 0. The van der Waals surface area contributed by atoms with Gasteiger partial charge in [-0.15, -0.1) is 11.3 Å². The highest BCUT2D eigenvalue weighted by atomic mass is 32.1. The molecule has 0 amide bonds. The quantitative estimate of drug-likeness (QED) is 0.823. The van der Waals surface area contributed by atoms with Crippen LogP contribution in [0.1, 0.15) is 57.4 Å². The summed E-state index contributed by atoms with van der Waals surface area (Å²) in [6, 6.07) is 5.65. The van der Waals surface area contributed by atoms with E-state index in [4.69, 9.17) is 0 Å². The van der Waals surface area contributed by atoms with Crippen molar-refractivity contribution in [1.82, 2.24) is 5.32 Å². The van der Waals surface area contributed by atoms with E-state index in [9.17, 15) is 0 Å². The highest BCUT2D eigenvalue weighted by molar-refractivity contribution is 7.10. The number of thiophene rings is 1. The molecule has 0 spiro atoms. The fourth-order valence-electron chi connectivity index (χ4n) is 2.93. The van der Waals surface area contributed by atoms with Gasteiger partial charge >= 0.3 is 0 Å². The lowest BCUT2D eigenvalue weighted by atomic mass is 9.79. The van der Waals surface area contributed by atoms with Crippen molar-refractivity contribution in [3.8, 4) is 0 Å². The van der Waals surface area contributed by atoms with Crippen LogP contribution >= 0.6 is 11.3 Å². The number of nitrogens with one attached hydrogen (secondary N) is 1. The minimum Gasteiger partial charge on any atom is -0.307 e. The first-order valence-electron chi connectivity index (χ1n) is 6.96. The molecule has 1 saturated carbocycles. The summed E-state index contributed by atoms with van der Waals surface area (Å²) in [5.74, 6) is 1.83. The highest BCUT2D eigenvalue weighted by Crippen LogP contribution is 2.31. The first-order valence-corrected chi connectivity index (χ1v) is 7.84. The summed E-state index contributed by atoms with van der Waals surface area (Å²) >= 11 is 1.86. The second kappa shape index (κ2) is 6.01. The number of hydrogen-bond acceptors (Lipinski definition) is 2. The third-order valence-electron chi connectivity index (χ3n) is 4.17. The van der Waals surface area contributed by atoms with Crippen molar-refractivity contribution in [3.05, 3.63) is 22.4 Å². The Morgan fingerprint density at radius 1 is 1.18 bits per heavy atom. The summed E-state index contributed by atoms with van der Waals surface area (Å²) in [5, 5.41) is 5.96. The minimum absolute atomic E-state index is 0.524. The average molecular weight is 251 g/mol. The monoisotopic (exact) mass is 251 g/mol. The summed E-state index contributed by atoms with van der Waals surface area (Å²) in [6.45, 7) is 7.03. The second-order valence-corrected chi connectivity index (χ2v) is 6.74. The zero-order valence-electron chi connectivity index (χ0n) is 11.3. The minimum atomic E-state index is 0.524. The fourth-order valence-corrected chi connectivity index (χ4v) is 3.67. The van der Waals surface area contributed by atoms with Gasteiger partial charge in [0.1, 0.15) is 0 Å². The smallest absolute Gasteiger partial charge is 0.0388 e. The molecule has 1 aromatic heterocycles. The van der Waals surface area contributed by atoms with E-state index in [0.717, 1.165) is 17.9 Å². The molecular weight excluding hydrogens is 226 g/mol. The van der Waals surface area contributed by atoms with Gasteiger partial charge in [0, 0.05) is 17.0 Å². The second-order valence-electron chi connectivity index (χ2n) is 5.76. The molecule has 0 radical (unpaired) electrons. The maximum absolute atomic E-state index is 3.79. The van der Waals surface area contributed by atoms with Crippen molar-refractivity contribution >= 4 is 11.3 Å². The molecule has 0 saturated heterocycles. The molecule has 1 aromatic rings. The lowest BCUT2D eigenvalue weighted by Gasteiger charge is -2.32. The molecular formula is C15H25NS. The average Bonchev–Trinajstić information content (AvgIpc) is 2.83. The van der Waals surface area contributed by atoms with Crippen LogP contribution in [0.5, 0.6) is 0 Å². The van der Waals surface area contributed by atoms with Crippen LogP contribution in [-0.2, 0) is 0 Å². The molecule has 0 aromatic carbocycles. The van der Waals surface area contributed by atoms with Crippen LogP contribution in [-0.4, -0.2) is 6.04 Å². The number of rotatable bonds is 4. The van der Waals surface area contributed by atoms with Crippen LogP contribution in [0.3, 0.4) is 0 Å². The van der Waals surface area contributed by atoms with Gasteiger partial charge in [-0.3, -0.25) is 0 Å². The molecule has 1 N–H and O–H groups in total. The summed E-state index contributed by atoms with van der Waals surface area (Å²) in [7, 11) is 0. The van der Waals surface area contributed by atoms with Crippen molar-refractivity contribution in [3.63, 3.8) is 0 Å². The van der Waals surface area contributed by atoms with Crippen molar-refractivity contribution in [2.75, 3.05) is 0 Å². The first kappa shape index (κ1) is 13.1. The van der Waals surface area contributed by atoms with Gasteiger partial charge in [-0.1, -0.05) is 19.9 Å². The maximum Gasteiger partial charge on any atom is 0.0388 e. The van der Waals surface area contributed by atoms with E-state index in [0.29, 0.717) is 6.04 Å². The third kappa shape index (κ3) is 3.56. The summed E-state index contributed by atoms with van der Waals surface area (Å²) in [6.07, 6.45) is 5.54. The molecule has 1 atom stereocenters. The van der Waals surface area contributed by atoms with Crippen LogP contribution in [0, 0.1) is 11.8 Å². The van der Waals surface area contributed by atoms with E-state index < -0.39 is 0 Å². The van der Waals surface area contributed by atoms with Crippen LogP contribution in [0.15, 0.2) is 17.5 Å². The SMILES string of the molecule is CC(NC1CCC(C(C)C)CC1)c1cccs1. The molecule has 0 aliphatic heterocycles. The molecule has 1 nitrogen and oxygen atoms in total. The van der Waals surface area contributed by atoms with Gasteiger partial charge in [0.15, 0.2) is 0 Å². The Bertz CT molecular complexity index is 310. The van der Waals surface area contributed by atoms with E-state index in [1.807, 2.05) is 11.3 Å². The van der Waals surface area contributed by atoms with Crippen LogP contribution in [0.25, 0.3) is 0 Å². The Balaban J connectivity index is 1.78. The Kier molecular flexibility index (Phi) is 4.63. The Morgan fingerprint density at radius 3 is 2.41 bits per heavy atom. The van der Waals surface area contributed by atoms with E-state index in [2.05, 4.69) is 43.6 Å². The van der Waals surface area contributed by atoms with Crippen LogP contribution < -0.4 is 5.32 Å².